The first-order valence-electron chi connectivity index (χ1n) is 4.15. The van der Waals surface area contributed by atoms with E-state index in [4.69, 9.17) is 23.2 Å². The van der Waals surface area contributed by atoms with Crippen molar-refractivity contribution in [3.8, 4) is 0 Å². The van der Waals surface area contributed by atoms with E-state index >= 15 is 0 Å². The first-order chi connectivity index (χ1) is 7.10. The molecule has 0 atom stereocenters. The van der Waals surface area contributed by atoms with Gasteiger partial charge in [0.15, 0.2) is 5.15 Å². The molecule has 0 aliphatic carbocycles. The minimum absolute atomic E-state index is 0.0244. The highest BCUT2D eigenvalue weighted by Crippen LogP contribution is 2.23. The summed E-state index contributed by atoms with van der Waals surface area (Å²) in [5.41, 5.74) is 0.0883. The molecule has 0 saturated carbocycles. The van der Waals surface area contributed by atoms with E-state index in [9.17, 15) is 4.79 Å². The van der Waals surface area contributed by atoms with Gasteiger partial charge in [-0.05, 0) is 18.5 Å². The van der Waals surface area contributed by atoms with Gasteiger partial charge in [0.1, 0.15) is 11.4 Å². The summed E-state index contributed by atoms with van der Waals surface area (Å²) in [7, 11) is 1.25. The highest BCUT2D eigenvalue weighted by atomic mass is 35.5. The first kappa shape index (κ1) is 12.0. The fourth-order valence-electron chi connectivity index (χ4n) is 0.986. The second kappa shape index (κ2) is 5.14. The van der Waals surface area contributed by atoms with Crippen LogP contribution in [0.5, 0.6) is 0 Å². The maximum atomic E-state index is 11.4. The summed E-state index contributed by atoms with van der Waals surface area (Å²) in [4.78, 5) is 18.9. The van der Waals surface area contributed by atoms with E-state index in [0.717, 1.165) is 0 Å². The standard InChI is InChI=1S/C8H9Cl2N3O2/c1-3-11-6-4(7(14)15-2)5(9)12-8(10)13-6/h3H2,1-2H3,(H,11,12,13). The minimum Gasteiger partial charge on any atom is -0.465 e. The Morgan fingerprint density at radius 2 is 2.13 bits per heavy atom. The normalized spacial score (nSPS) is 9.87. The summed E-state index contributed by atoms with van der Waals surface area (Å²) in [6.45, 7) is 2.43. The zero-order valence-electron chi connectivity index (χ0n) is 8.17. The molecule has 0 fully saturated rings. The van der Waals surface area contributed by atoms with E-state index in [-0.39, 0.29) is 21.8 Å². The van der Waals surface area contributed by atoms with Gasteiger partial charge in [0.25, 0.3) is 0 Å². The molecule has 1 N–H and O–H groups in total. The summed E-state index contributed by atoms with van der Waals surface area (Å²) in [5, 5.41) is 2.80. The van der Waals surface area contributed by atoms with Crippen molar-refractivity contribution in [3.05, 3.63) is 16.0 Å². The second-order valence-corrected chi connectivity index (χ2v) is 3.23. The van der Waals surface area contributed by atoms with Crippen LogP contribution >= 0.6 is 23.2 Å². The maximum Gasteiger partial charge on any atom is 0.344 e. The molecule has 0 aliphatic heterocycles. The largest absolute Gasteiger partial charge is 0.465 e. The third-order valence-electron chi connectivity index (χ3n) is 1.57. The van der Waals surface area contributed by atoms with Gasteiger partial charge in [-0.15, -0.1) is 0 Å². The molecule has 0 unspecified atom stereocenters. The van der Waals surface area contributed by atoms with Gasteiger partial charge < -0.3 is 10.1 Å². The Morgan fingerprint density at radius 1 is 1.47 bits per heavy atom. The third-order valence-corrected chi connectivity index (χ3v) is 2.01. The van der Waals surface area contributed by atoms with Gasteiger partial charge in [0.2, 0.25) is 5.28 Å². The number of aromatic nitrogens is 2. The highest BCUT2D eigenvalue weighted by molar-refractivity contribution is 6.34. The quantitative estimate of drug-likeness (QED) is 0.505. The molecule has 15 heavy (non-hydrogen) atoms. The lowest BCUT2D eigenvalue weighted by atomic mass is 10.3. The number of ether oxygens (including phenoxy) is 1. The Hall–Kier alpha value is -1.07. The van der Waals surface area contributed by atoms with Gasteiger partial charge in [-0.2, -0.15) is 4.98 Å². The molecule has 1 heterocycles. The van der Waals surface area contributed by atoms with Crippen molar-refractivity contribution in [2.45, 2.75) is 6.92 Å². The lowest BCUT2D eigenvalue weighted by molar-refractivity contribution is 0.0601. The van der Waals surface area contributed by atoms with Gasteiger partial charge in [-0.25, -0.2) is 9.78 Å². The molecule has 0 aromatic carbocycles. The van der Waals surface area contributed by atoms with E-state index in [0.29, 0.717) is 6.54 Å². The number of hydrogen-bond donors (Lipinski definition) is 1. The zero-order chi connectivity index (χ0) is 11.4. The number of nitrogens with zero attached hydrogens (tertiary/aromatic N) is 2. The summed E-state index contributed by atoms with van der Waals surface area (Å²) in [6.07, 6.45) is 0. The highest BCUT2D eigenvalue weighted by Gasteiger charge is 2.19. The number of nitrogens with one attached hydrogen (secondary N) is 1. The Labute approximate surface area is 96.8 Å². The van der Waals surface area contributed by atoms with Crippen LogP contribution in [-0.4, -0.2) is 29.6 Å². The van der Waals surface area contributed by atoms with Crippen molar-refractivity contribution in [2.24, 2.45) is 0 Å². The average Bonchev–Trinajstić information content (AvgIpc) is 2.16. The van der Waals surface area contributed by atoms with Crippen molar-refractivity contribution in [1.82, 2.24) is 9.97 Å². The average molecular weight is 250 g/mol. The zero-order valence-corrected chi connectivity index (χ0v) is 9.69. The Balaban J connectivity index is 3.26. The van der Waals surface area contributed by atoms with E-state index in [2.05, 4.69) is 20.0 Å². The van der Waals surface area contributed by atoms with Crippen LogP contribution in [0.25, 0.3) is 0 Å². The Morgan fingerprint density at radius 3 is 2.67 bits per heavy atom. The van der Waals surface area contributed by atoms with Crippen molar-refractivity contribution in [1.29, 1.82) is 0 Å². The topological polar surface area (TPSA) is 64.1 Å². The van der Waals surface area contributed by atoms with Crippen LogP contribution in [0.15, 0.2) is 0 Å². The third kappa shape index (κ3) is 2.70. The van der Waals surface area contributed by atoms with Crippen LogP contribution in [0.4, 0.5) is 5.82 Å². The summed E-state index contributed by atoms with van der Waals surface area (Å²) in [6, 6.07) is 0. The number of carbonyl (C=O) groups excluding carboxylic acids is 1. The molecule has 0 bridgehead atoms. The summed E-state index contributed by atoms with van der Waals surface area (Å²) in [5.74, 6) is -0.332. The van der Waals surface area contributed by atoms with Crippen molar-refractivity contribution < 1.29 is 9.53 Å². The monoisotopic (exact) mass is 249 g/mol. The fraction of sp³-hybridized carbons (Fsp3) is 0.375. The lowest BCUT2D eigenvalue weighted by Gasteiger charge is -2.09. The summed E-state index contributed by atoms with van der Waals surface area (Å²) >= 11 is 11.4. The van der Waals surface area contributed by atoms with Crippen LogP contribution in [0.3, 0.4) is 0 Å². The number of carbonyl (C=O) groups is 1. The number of methoxy groups -OCH3 is 1. The molecule has 0 saturated heterocycles. The van der Waals surface area contributed by atoms with E-state index in [1.54, 1.807) is 0 Å². The molecule has 1 rings (SSSR count). The molecular weight excluding hydrogens is 241 g/mol. The van der Waals surface area contributed by atoms with E-state index in [1.807, 2.05) is 6.92 Å². The molecule has 0 spiro atoms. The van der Waals surface area contributed by atoms with Crippen LogP contribution in [0, 0.1) is 0 Å². The fourth-order valence-corrected chi connectivity index (χ4v) is 1.45. The minimum atomic E-state index is -0.604. The molecule has 1 aromatic rings. The lowest BCUT2D eigenvalue weighted by Crippen LogP contribution is -2.11. The SMILES string of the molecule is CCNc1nc(Cl)nc(Cl)c1C(=O)OC. The number of rotatable bonds is 3. The molecule has 7 heteroatoms. The van der Waals surface area contributed by atoms with Crippen molar-refractivity contribution in [2.75, 3.05) is 19.0 Å². The van der Waals surface area contributed by atoms with Gasteiger partial charge >= 0.3 is 5.97 Å². The van der Waals surface area contributed by atoms with Crippen LogP contribution in [0.1, 0.15) is 17.3 Å². The summed E-state index contributed by atoms with van der Waals surface area (Å²) < 4.78 is 4.56. The number of halogens is 2. The molecule has 5 nitrogen and oxygen atoms in total. The number of anilines is 1. The van der Waals surface area contributed by atoms with E-state index < -0.39 is 5.97 Å². The predicted molar refractivity (Wildman–Crippen MR) is 57.6 cm³/mol. The molecule has 0 radical (unpaired) electrons. The predicted octanol–water partition coefficient (Wildman–Crippen LogP) is 2.00. The van der Waals surface area contributed by atoms with E-state index in [1.165, 1.54) is 7.11 Å². The molecule has 0 aliphatic rings. The molecule has 1 aromatic heterocycles. The van der Waals surface area contributed by atoms with Gasteiger partial charge in [0, 0.05) is 6.54 Å². The smallest absolute Gasteiger partial charge is 0.344 e. The number of esters is 1. The van der Waals surface area contributed by atoms with Gasteiger partial charge in [-0.1, -0.05) is 11.6 Å². The Kier molecular flexibility index (Phi) is 4.11. The van der Waals surface area contributed by atoms with Gasteiger partial charge in [0.05, 0.1) is 7.11 Å². The molecule has 0 amide bonds. The maximum absolute atomic E-state index is 11.4. The van der Waals surface area contributed by atoms with Crippen molar-refractivity contribution >= 4 is 35.0 Å². The Bertz CT molecular complexity index is 384. The van der Waals surface area contributed by atoms with Crippen LogP contribution < -0.4 is 5.32 Å². The van der Waals surface area contributed by atoms with Crippen molar-refractivity contribution in [3.63, 3.8) is 0 Å². The second-order valence-electron chi connectivity index (χ2n) is 2.53. The molecular formula is C8H9Cl2N3O2. The van der Waals surface area contributed by atoms with Crippen LogP contribution in [-0.2, 0) is 4.74 Å². The first-order valence-corrected chi connectivity index (χ1v) is 4.91. The molecule has 82 valence electrons. The van der Waals surface area contributed by atoms with Gasteiger partial charge in [-0.3, -0.25) is 0 Å². The van der Waals surface area contributed by atoms with Crippen LogP contribution in [0.2, 0.25) is 10.4 Å². The number of hydrogen-bond acceptors (Lipinski definition) is 5.